The summed E-state index contributed by atoms with van der Waals surface area (Å²) >= 11 is 9.28. The molecule has 3 heterocycles. The number of fused-ring (bicyclic) bond motifs is 1. The molecule has 1 unspecified atom stereocenters. The smallest absolute Gasteiger partial charge is 0.374 e. The lowest BCUT2D eigenvalue weighted by Gasteiger charge is -2.16. The second-order valence-electron chi connectivity index (χ2n) is 7.91. The number of halogens is 5. The average molecular weight is 575 g/mol. The summed E-state index contributed by atoms with van der Waals surface area (Å²) < 4.78 is 47.1. The van der Waals surface area contributed by atoms with Crippen LogP contribution in [0.4, 0.5) is 18.9 Å². The molecular formula is C22H20BrClF3N5O3. The minimum Gasteiger partial charge on any atom is -0.374 e. The number of carbonyl (C=O) groups excluding carboxylic acids is 1. The number of nitrogens with one attached hydrogen (secondary N) is 1. The van der Waals surface area contributed by atoms with Crippen LogP contribution >= 0.6 is 27.5 Å². The Morgan fingerprint density at radius 2 is 2.11 bits per heavy atom. The van der Waals surface area contributed by atoms with Gasteiger partial charge in [0.2, 0.25) is 11.7 Å². The topological polar surface area (TPSA) is 90.5 Å². The summed E-state index contributed by atoms with van der Waals surface area (Å²) in [6.45, 7) is 3.92. The largest absolute Gasteiger partial charge is 0.416 e. The van der Waals surface area contributed by atoms with Gasteiger partial charge in [0.05, 0.1) is 29.0 Å². The van der Waals surface area contributed by atoms with E-state index < -0.39 is 23.2 Å². The Kier molecular flexibility index (Phi) is 7.07. The number of alkyl halides is 3. The van der Waals surface area contributed by atoms with Crippen LogP contribution in [-0.2, 0) is 28.7 Å². The van der Waals surface area contributed by atoms with Gasteiger partial charge in [0.15, 0.2) is 5.82 Å². The zero-order valence-electron chi connectivity index (χ0n) is 18.6. The molecule has 0 bridgehead atoms. The number of benzene rings is 1. The van der Waals surface area contributed by atoms with E-state index in [1.807, 2.05) is 19.9 Å². The third-order valence-electron chi connectivity index (χ3n) is 5.47. The highest BCUT2D eigenvalue weighted by atomic mass is 79.9. The number of hydrogen-bond acceptors (Lipinski definition) is 5. The van der Waals surface area contributed by atoms with Gasteiger partial charge in [0.1, 0.15) is 11.0 Å². The molecular weight excluding hydrogens is 555 g/mol. The normalized spacial score (nSPS) is 16.4. The second kappa shape index (κ2) is 9.75. The molecule has 0 aliphatic carbocycles. The van der Waals surface area contributed by atoms with E-state index in [1.54, 1.807) is 4.57 Å². The fraction of sp³-hybridized carbons (Fsp3) is 0.364. The summed E-state index contributed by atoms with van der Waals surface area (Å²) in [6.07, 6.45) is -1.83. The standard InChI is InChI=1S/C22H20BrClF3N5O3/c1-3-16-18(23)20(34)32-21(29-19(30-32)12-6-7-35-11(2)8-12)31(16)10-17(33)28-15-5-4-13(9-14(15)24)22(25,26)27/h4-5,8-9,11H,3,6-7,10H2,1-2H3,(H,28,33). The Hall–Kier alpha value is -2.70. The number of rotatable bonds is 5. The lowest BCUT2D eigenvalue weighted by atomic mass is 10.1. The number of anilines is 1. The maximum absolute atomic E-state index is 12.9. The van der Waals surface area contributed by atoms with Gasteiger partial charge in [0.25, 0.3) is 5.56 Å². The first kappa shape index (κ1) is 25.4. The first-order valence-corrected chi connectivity index (χ1v) is 11.8. The number of amides is 1. The Morgan fingerprint density at radius 3 is 2.74 bits per heavy atom. The van der Waals surface area contributed by atoms with Gasteiger partial charge < -0.3 is 14.6 Å². The van der Waals surface area contributed by atoms with E-state index in [1.165, 1.54) is 0 Å². The van der Waals surface area contributed by atoms with Crippen LogP contribution in [0.1, 0.15) is 37.4 Å². The highest BCUT2D eigenvalue weighted by Gasteiger charge is 2.31. The average Bonchev–Trinajstić information content (AvgIpc) is 3.24. The molecule has 13 heteroatoms. The molecule has 35 heavy (non-hydrogen) atoms. The maximum Gasteiger partial charge on any atom is 0.416 e. The van der Waals surface area contributed by atoms with Crippen molar-refractivity contribution in [1.29, 1.82) is 0 Å². The summed E-state index contributed by atoms with van der Waals surface area (Å²) in [5, 5.41) is 6.64. The molecule has 0 radical (unpaired) electrons. The molecule has 0 spiro atoms. The fourth-order valence-corrected chi connectivity index (χ4v) is 4.69. The number of hydrogen-bond donors (Lipinski definition) is 1. The first-order valence-electron chi connectivity index (χ1n) is 10.7. The molecule has 2 aromatic heterocycles. The molecule has 0 saturated carbocycles. The predicted octanol–water partition coefficient (Wildman–Crippen LogP) is 4.72. The summed E-state index contributed by atoms with van der Waals surface area (Å²) in [7, 11) is 0. The van der Waals surface area contributed by atoms with Crippen molar-refractivity contribution in [2.24, 2.45) is 0 Å². The van der Waals surface area contributed by atoms with Crippen molar-refractivity contribution in [1.82, 2.24) is 19.2 Å². The Balaban J connectivity index is 1.71. The summed E-state index contributed by atoms with van der Waals surface area (Å²) in [6, 6.07) is 2.67. The molecule has 3 aromatic rings. The molecule has 1 N–H and O–H groups in total. The van der Waals surface area contributed by atoms with Crippen molar-refractivity contribution >= 4 is 50.5 Å². The van der Waals surface area contributed by atoms with Gasteiger partial charge in [-0.1, -0.05) is 18.5 Å². The Bertz CT molecular complexity index is 1400. The number of nitrogens with zero attached hydrogens (tertiary/aromatic N) is 4. The molecule has 1 aliphatic rings. The molecule has 8 nitrogen and oxygen atoms in total. The van der Waals surface area contributed by atoms with E-state index in [4.69, 9.17) is 16.3 Å². The lowest BCUT2D eigenvalue weighted by Crippen LogP contribution is -2.28. The summed E-state index contributed by atoms with van der Waals surface area (Å²) in [4.78, 5) is 30.3. The molecule has 0 saturated heterocycles. The van der Waals surface area contributed by atoms with Crippen LogP contribution in [0.25, 0.3) is 11.4 Å². The Morgan fingerprint density at radius 1 is 1.37 bits per heavy atom. The van der Waals surface area contributed by atoms with Crippen LogP contribution in [0, 0.1) is 0 Å². The quantitative estimate of drug-likeness (QED) is 0.476. The van der Waals surface area contributed by atoms with Crippen LogP contribution in [0.2, 0.25) is 5.02 Å². The van der Waals surface area contributed by atoms with Crippen molar-refractivity contribution in [2.75, 3.05) is 11.9 Å². The predicted molar refractivity (Wildman–Crippen MR) is 127 cm³/mol. The van der Waals surface area contributed by atoms with Crippen LogP contribution < -0.4 is 10.9 Å². The van der Waals surface area contributed by atoms with Crippen molar-refractivity contribution in [3.05, 3.63) is 61.2 Å². The van der Waals surface area contributed by atoms with E-state index in [0.29, 0.717) is 31.0 Å². The van der Waals surface area contributed by atoms with E-state index >= 15 is 0 Å². The van der Waals surface area contributed by atoms with Crippen LogP contribution in [0.15, 0.2) is 33.5 Å². The fourth-order valence-electron chi connectivity index (χ4n) is 3.80. The van der Waals surface area contributed by atoms with E-state index in [2.05, 4.69) is 31.3 Å². The molecule has 1 aromatic carbocycles. The summed E-state index contributed by atoms with van der Waals surface area (Å²) in [5.74, 6) is -0.0432. The van der Waals surface area contributed by atoms with Crippen LogP contribution in [0.3, 0.4) is 0 Å². The molecule has 186 valence electrons. The lowest BCUT2D eigenvalue weighted by molar-refractivity contribution is -0.137. The summed E-state index contributed by atoms with van der Waals surface area (Å²) in [5.41, 5.74) is 0.0339. The van der Waals surface area contributed by atoms with Crippen molar-refractivity contribution in [3.63, 3.8) is 0 Å². The van der Waals surface area contributed by atoms with Gasteiger partial charge in [0, 0.05) is 5.69 Å². The molecule has 1 amide bonds. The minimum absolute atomic E-state index is 0.0300. The van der Waals surface area contributed by atoms with Crippen molar-refractivity contribution < 1.29 is 22.7 Å². The van der Waals surface area contributed by atoms with Gasteiger partial charge in [-0.15, -0.1) is 5.10 Å². The monoisotopic (exact) mass is 573 g/mol. The minimum atomic E-state index is -4.56. The number of ether oxygens (including phenoxy) is 1. The second-order valence-corrected chi connectivity index (χ2v) is 9.11. The number of carbonyl (C=O) groups is 1. The van der Waals surface area contributed by atoms with E-state index in [9.17, 15) is 22.8 Å². The molecule has 1 atom stereocenters. The SMILES string of the molecule is CCc1c(Br)c(=O)n2nc(C3=CC(C)OCC3)nc2n1CC(=O)Nc1ccc(C(F)(F)F)cc1Cl. The first-order chi connectivity index (χ1) is 16.5. The number of aromatic nitrogens is 4. The molecule has 4 rings (SSSR count). The van der Waals surface area contributed by atoms with E-state index in [-0.39, 0.29) is 33.6 Å². The van der Waals surface area contributed by atoms with Crippen LogP contribution in [-0.4, -0.2) is 37.8 Å². The Labute approximate surface area is 210 Å². The van der Waals surface area contributed by atoms with Gasteiger partial charge in [-0.05, 0) is 65.5 Å². The maximum atomic E-state index is 12.9. The van der Waals surface area contributed by atoms with Crippen molar-refractivity contribution in [2.45, 2.75) is 45.5 Å². The van der Waals surface area contributed by atoms with Gasteiger partial charge in [-0.2, -0.15) is 22.7 Å². The van der Waals surface area contributed by atoms with Crippen molar-refractivity contribution in [3.8, 4) is 0 Å². The third kappa shape index (κ3) is 5.14. The van der Waals surface area contributed by atoms with E-state index in [0.717, 1.165) is 28.3 Å². The van der Waals surface area contributed by atoms with Crippen LogP contribution in [0.5, 0.6) is 0 Å². The van der Waals surface area contributed by atoms with Gasteiger partial charge in [-0.3, -0.25) is 9.59 Å². The third-order valence-corrected chi connectivity index (χ3v) is 6.58. The molecule has 0 fully saturated rings. The molecule has 1 aliphatic heterocycles. The zero-order valence-corrected chi connectivity index (χ0v) is 21.0. The van der Waals surface area contributed by atoms with Gasteiger partial charge in [-0.25, -0.2) is 0 Å². The highest BCUT2D eigenvalue weighted by Crippen LogP contribution is 2.33. The highest BCUT2D eigenvalue weighted by molar-refractivity contribution is 9.10. The van der Waals surface area contributed by atoms with Gasteiger partial charge >= 0.3 is 6.18 Å². The zero-order chi connectivity index (χ0) is 25.5.